The van der Waals surface area contributed by atoms with Crippen molar-refractivity contribution in [1.29, 1.82) is 5.26 Å². The molecule has 1 heterocycles. The maximum Gasteiger partial charge on any atom is 0.129 e. The van der Waals surface area contributed by atoms with Gasteiger partial charge in [0.2, 0.25) is 0 Å². The van der Waals surface area contributed by atoms with Gasteiger partial charge < -0.3 is 0 Å². The minimum absolute atomic E-state index is 0.287. The quantitative estimate of drug-likeness (QED) is 0.645. The van der Waals surface area contributed by atoms with Gasteiger partial charge in [-0.15, -0.1) is 11.6 Å². The summed E-state index contributed by atoms with van der Waals surface area (Å²) in [6.45, 7) is 0. The van der Waals surface area contributed by atoms with Gasteiger partial charge in [-0.1, -0.05) is 28.1 Å². The Kier molecular flexibility index (Phi) is 3.47. The van der Waals surface area contributed by atoms with Crippen LogP contribution < -0.4 is 0 Å². The monoisotopic (exact) mass is 345 g/mol. The van der Waals surface area contributed by atoms with Crippen LogP contribution in [0.3, 0.4) is 0 Å². The molecule has 0 aliphatic carbocycles. The molecule has 0 N–H and O–H groups in total. The Morgan fingerprint density at radius 1 is 1.25 bits per heavy atom. The van der Waals surface area contributed by atoms with Crippen molar-refractivity contribution in [2.75, 3.05) is 0 Å². The molecule has 0 saturated carbocycles. The summed E-state index contributed by atoms with van der Waals surface area (Å²) in [5, 5.41) is 9.34. The van der Waals surface area contributed by atoms with Crippen molar-refractivity contribution >= 4 is 38.6 Å². The second kappa shape index (κ2) is 5.28. The van der Waals surface area contributed by atoms with Gasteiger partial charge in [0.25, 0.3) is 0 Å². The van der Waals surface area contributed by atoms with Crippen molar-refractivity contribution in [2.24, 2.45) is 0 Å². The lowest BCUT2D eigenvalue weighted by atomic mass is 10.2. The van der Waals surface area contributed by atoms with E-state index in [4.69, 9.17) is 11.6 Å². The largest absolute Gasteiger partial charge is 0.294 e. The summed E-state index contributed by atoms with van der Waals surface area (Å²) in [6, 6.07) is 15.6. The highest BCUT2D eigenvalue weighted by molar-refractivity contribution is 9.10. The van der Waals surface area contributed by atoms with Gasteiger partial charge in [-0.3, -0.25) is 4.57 Å². The first kappa shape index (κ1) is 13.2. The Morgan fingerprint density at radius 3 is 2.80 bits per heavy atom. The average Bonchev–Trinajstić information content (AvgIpc) is 2.85. The standard InChI is InChI=1S/C15H9BrClN3/c16-11-5-6-13(10(7-11)9-18)20-14-4-2-1-3-12(14)19-15(20)8-17/h1-7H,8H2. The van der Waals surface area contributed by atoms with Crippen LogP contribution in [0.5, 0.6) is 0 Å². The number of hydrogen-bond acceptors (Lipinski definition) is 2. The maximum absolute atomic E-state index is 9.34. The first-order valence-corrected chi connectivity index (χ1v) is 7.29. The Labute approximate surface area is 129 Å². The van der Waals surface area contributed by atoms with E-state index < -0.39 is 0 Å². The number of hydrogen-bond donors (Lipinski definition) is 0. The highest BCUT2D eigenvalue weighted by Crippen LogP contribution is 2.26. The van der Waals surface area contributed by atoms with E-state index in [1.807, 2.05) is 41.0 Å². The summed E-state index contributed by atoms with van der Waals surface area (Å²) < 4.78 is 2.81. The normalized spacial score (nSPS) is 10.7. The first-order valence-electron chi connectivity index (χ1n) is 5.97. The fourth-order valence-corrected chi connectivity index (χ4v) is 2.77. The van der Waals surface area contributed by atoms with Crippen molar-refractivity contribution in [1.82, 2.24) is 9.55 Å². The van der Waals surface area contributed by atoms with Crippen molar-refractivity contribution in [3.8, 4) is 11.8 Å². The zero-order chi connectivity index (χ0) is 14.1. The van der Waals surface area contributed by atoms with Crippen LogP contribution >= 0.6 is 27.5 Å². The number of nitrogens with zero attached hydrogens (tertiary/aromatic N) is 3. The lowest BCUT2D eigenvalue weighted by Gasteiger charge is -2.10. The molecule has 0 radical (unpaired) electrons. The van der Waals surface area contributed by atoms with E-state index in [9.17, 15) is 5.26 Å². The van der Waals surface area contributed by atoms with Crippen LogP contribution in [0.15, 0.2) is 46.9 Å². The lowest BCUT2D eigenvalue weighted by molar-refractivity contribution is 0.978. The Bertz CT molecular complexity index is 833. The number of imidazole rings is 1. The number of fused-ring (bicyclic) bond motifs is 1. The second-order valence-electron chi connectivity index (χ2n) is 4.26. The van der Waals surface area contributed by atoms with Gasteiger partial charge in [0.15, 0.2) is 0 Å². The predicted octanol–water partition coefficient (Wildman–Crippen LogP) is 4.40. The molecule has 0 spiro atoms. The lowest BCUT2D eigenvalue weighted by Crippen LogP contribution is -2.01. The van der Waals surface area contributed by atoms with Crippen LogP contribution in [0.25, 0.3) is 16.7 Å². The van der Waals surface area contributed by atoms with E-state index in [0.717, 1.165) is 27.0 Å². The van der Waals surface area contributed by atoms with Crippen molar-refractivity contribution in [3.63, 3.8) is 0 Å². The molecule has 0 fully saturated rings. The molecule has 0 aliphatic heterocycles. The zero-order valence-corrected chi connectivity index (χ0v) is 12.7. The fraction of sp³-hybridized carbons (Fsp3) is 0.0667. The number of benzene rings is 2. The molecule has 20 heavy (non-hydrogen) atoms. The number of halogens is 2. The molecule has 5 heteroatoms. The smallest absolute Gasteiger partial charge is 0.129 e. The van der Waals surface area contributed by atoms with Crippen molar-refractivity contribution < 1.29 is 0 Å². The molecule has 3 rings (SSSR count). The maximum atomic E-state index is 9.34. The number of alkyl halides is 1. The molecule has 2 aromatic carbocycles. The van der Waals surface area contributed by atoms with Crippen LogP contribution in [0.2, 0.25) is 0 Å². The molecule has 0 unspecified atom stereocenters. The molecule has 0 aliphatic rings. The molecule has 0 bridgehead atoms. The van der Waals surface area contributed by atoms with Crippen LogP contribution in [-0.2, 0) is 5.88 Å². The van der Waals surface area contributed by atoms with Gasteiger partial charge in [-0.05, 0) is 30.3 Å². The Morgan fingerprint density at radius 2 is 2.05 bits per heavy atom. The molecule has 3 nitrogen and oxygen atoms in total. The summed E-state index contributed by atoms with van der Waals surface area (Å²) in [5.74, 6) is 1.02. The summed E-state index contributed by atoms with van der Waals surface area (Å²) in [4.78, 5) is 4.52. The molecule has 98 valence electrons. The van der Waals surface area contributed by atoms with Crippen LogP contribution in [-0.4, -0.2) is 9.55 Å². The third-order valence-corrected chi connectivity index (χ3v) is 3.80. The molecule has 0 saturated heterocycles. The molecule has 3 aromatic rings. The van der Waals surface area contributed by atoms with E-state index in [0.29, 0.717) is 5.56 Å². The third kappa shape index (κ3) is 2.09. The summed E-state index contributed by atoms with van der Waals surface area (Å²) in [7, 11) is 0. The Hall–Kier alpha value is -1.83. The molecular weight excluding hydrogens is 338 g/mol. The molecular formula is C15H9BrClN3. The fourth-order valence-electron chi connectivity index (χ4n) is 2.23. The minimum atomic E-state index is 0.287. The van der Waals surface area contributed by atoms with Gasteiger partial charge in [-0.2, -0.15) is 5.26 Å². The van der Waals surface area contributed by atoms with Gasteiger partial charge in [-0.25, -0.2) is 4.98 Å². The number of aromatic nitrogens is 2. The predicted molar refractivity (Wildman–Crippen MR) is 83.0 cm³/mol. The molecule has 0 amide bonds. The van der Waals surface area contributed by atoms with E-state index >= 15 is 0 Å². The first-order chi connectivity index (χ1) is 9.74. The van der Waals surface area contributed by atoms with Crippen molar-refractivity contribution in [2.45, 2.75) is 5.88 Å². The van der Waals surface area contributed by atoms with E-state index in [1.54, 1.807) is 6.07 Å². The molecule has 1 aromatic heterocycles. The summed E-state index contributed by atoms with van der Waals surface area (Å²) in [6.07, 6.45) is 0. The highest BCUT2D eigenvalue weighted by Gasteiger charge is 2.14. The second-order valence-corrected chi connectivity index (χ2v) is 5.44. The zero-order valence-electron chi connectivity index (χ0n) is 10.3. The van der Waals surface area contributed by atoms with Crippen molar-refractivity contribution in [3.05, 3.63) is 58.3 Å². The highest BCUT2D eigenvalue weighted by atomic mass is 79.9. The van der Waals surface area contributed by atoms with Gasteiger partial charge in [0.1, 0.15) is 11.9 Å². The van der Waals surface area contributed by atoms with E-state index in [1.165, 1.54) is 0 Å². The minimum Gasteiger partial charge on any atom is -0.294 e. The van der Waals surface area contributed by atoms with Gasteiger partial charge in [0, 0.05) is 4.47 Å². The number of rotatable bonds is 2. The van der Waals surface area contributed by atoms with E-state index in [-0.39, 0.29) is 5.88 Å². The van der Waals surface area contributed by atoms with Gasteiger partial charge >= 0.3 is 0 Å². The SMILES string of the molecule is N#Cc1cc(Br)ccc1-n1c(CCl)nc2ccccc21. The number of para-hydroxylation sites is 2. The number of nitriles is 1. The van der Waals surface area contributed by atoms with E-state index in [2.05, 4.69) is 27.0 Å². The Balaban J connectivity index is 2.37. The van der Waals surface area contributed by atoms with Crippen LogP contribution in [0, 0.1) is 11.3 Å². The van der Waals surface area contributed by atoms with Crippen LogP contribution in [0.1, 0.15) is 11.4 Å². The molecule has 0 atom stereocenters. The summed E-state index contributed by atoms with van der Waals surface area (Å²) >= 11 is 9.39. The topological polar surface area (TPSA) is 41.6 Å². The van der Waals surface area contributed by atoms with Crippen LogP contribution in [0.4, 0.5) is 0 Å². The third-order valence-electron chi connectivity index (χ3n) is 3.07. The van der Waals surface area contributed by atoms with Gasteiger partial charge in [0.05, 0.1) is 28.2 Å². The average molecular weight is 347 g/mol. The summed E-state index contributed by atoms with van der Waals surface area (Å²) in [5.41, 5.74) is 3.19.